The smallest absolute Gasteiger partial charge is 0.283 e. The predicted octanol–water partition coefficient (Wildman–Crippen LogP) is 3.69. The molecule has 0 unspecified atom stereocenters. The van der Waals surface area contributed by atoms with E-state index < -0.39 is 0 Å². The van der Waals surface area contributed by atoms with E-state index >= 15 is 0 Å². The molecule has 1 aliphatic rings. The van der Waals surface area contributed by atoms with Crippen LogP contribution in [0.15, 0.2) is 57.7 Å². The Morgan fingerprint density at radius 1 is 1.03 bits per heavy atom. The summed E-state index contributed by atoms with van der Waals surface area (Å²) in [7, 11) is 0. The number of hydrogen-bond donors (Lipinski definition) is 1. The van der Waals surface area contributed by atoms with Gasteiger partial charge in [0.25, 0.3) is 5.89 Å². The van der Waals surface area contributed by atoms with Gasteiger partial charge in [-0.15, -0.1) is 15.3 Å². The summed E-state index contributed by atoms with van der Waals surface area (Å²) in [6.45, 7) is 4.86. The summed E-state index contributed by atoms with van der Waals surface area (Å²) in [5.74, 6) is 2.29. The molecule has 0 bridgehead atoms. The summed E-state index contributed by atoms with van der Waals surface area (Å²) in [4.78, 5) is 2.40. The van der Waals surface area contributed by atoms with Gasteiger partial charge in [0.2, 0.25) is 5.89 Å². The maximum Gasteiger partial charge on any atom is 0.283 e. The van der Waals surface area contributed by atoms with E-state index in [2.05, 4.69) is 49.8 Å². The van der Waals surface area contributed by atoms with Crippen molar-refractivity contribution in [2.75, 3.05) is 23.3 Å². The quantitative estimate of drug-likeness (QED) is 0.519. The zero-order chi connectivity index (χ0) is 20.3. The van der Waals surface area contributed by atoms with Crippen molar-refractivity contribution in [3.05, 3.63) is 48.9 Å². The second kappa shape index (κ2) is 8.02. The van der Waals surface area contributed by atoms with Crippen LogP contribution in [0.3, 0.4) is 0 Å². The fraction of sp³-hybridized carbons (Fsp3) is 0.333. The minimum Gasteiger partial charge on any atom is -0.459 e. The lowest BCUT2D eigenvalue weighted by Crippen LogP contribution is -2.39. The van der Waals surface area contributed by atoms with Gasteiger partial charge in [0.05, 0.1) is 12.5 Å². The van der Waals surface area contributed by atoms with Crippen LogP contribution in [0.25, 0.3) is 23.1 Å². The van der Waals surface area contributed by atoms with Gasteiger partial charge >= 0.3 is 0 Å². The molecule has 9 heteroatoms. The van der Waals surface area contributed by atoms with Gasteiger partial charge < -0.3 is 19.1 Å². The van der Waals surface area contributed by atoms with E-state index in [1.165, 1.54) is 5.69 Å². The molecular formula is C21H23N7O2. The Morgan fingerprint density at radius 3 is 2.53 bits per heavy atom. The van der Waals surface area contributed by atoms with E-state index in [0.717, 1.165) is 43.9 Å². The molecule has 0 atom stereocenters. The fourth-order valence-electron chi connectivity index (χ4n) is 3.66. The summed E-state index contributed by atoms with van der Waals surface area (Å²) in [6.07, 6.45) is 5.65. The second-order valence-electron chi connectivity index (χ2n) is 7.30. The molecule has 1 N–H and O–H groups in total. The lowest BCUT2D eigenvalue weighted by Gasteiger charge is -2.34. The minimum atomic E-state index is 0.382. The van der Waals surface area contributed by atoms with Crippen molar-refractivity contribution in [1.82, 2.24) is 25.2 Å². The van der Waals surface area contributed by atoms with Crippen molar-refractivity contribution in [3.8, 4) is 23.1 Å². The molecule has 0 saturated carbocycles. The number of aromatic nitrogens is 5. The number of furan rings is 1. The molecule has 3 aromatic heterocycles. The van der Waals surface area contributed by atoms with Gasteiger partial charge in [-0.3, -0.25) is 4.68 Å². The van der Waals surface area contributed by atoms with Crippen molar-refractivity contribution in [3.63, 3.8) is 0 Å². The third-order valence-corrected chi connectivity index (χ3v) is 5.35. The Balaban J connectivity index is 1.19. The first-order valence-corrected chi connectivity index (χ1v) is 10.2. The largest absolute Gasteiger partial charge is 0.459 e. The van der Waals surface area contributed by atoms with Crippen LogP contribution in [0.4, 0.5) is 11.5 Å². The predicted molar refractivity (Wildman–Crippen MR) is 112 cm³/mol. The highest BCUT2D eigenvalue weighted by Crippen LogP contribution is 2.27. The Morgan fingerprint density at radius 2 is 1.83 bits per heavy atom. The maximum atomic E-state index is 5.73. The zero-order valence-electron chi connectivity index (χ0n) is 16.7. The second-order valence-corrected chi connectivity index (χ2v) is 7.30. The first kappa shape index (κ1) is 18.4. The highest BCUT2D eigenvalue weighted by molar-refractivity contribution is 5.60. The van der Waals surface area contributed by atoms with Crippen LogP contribution in [0, 0.1) is 0 Å². The normalized spacial score (nSPS) is 14.9. The molecule has 30 heavy (non-hydrogen) atoms. The Bertz CT molecular complexity index is 1080. The summed E-state index contributed by atoms with van der Waals surface area (Å²) in [6, 6.07) is 12.2. The number of hydrogen-bond acceptors (Lipinski definition) is 8. The van der Waals surface area contributed by atoms with Gasteiger partial charge in [-0.05, 0) is 56.2 Å². The Hall–Kier alpha value is -3.62. The SMILES string of the molecule is CCn1cc(NC2CCN(c3ccc(-c4nnc(-c5ccco5)o4)cc3)CC2)nn1. The van der Waals surface area contributed by atoms with E-state index in [0.29, 0.717) is 23.6 Å². The number of anilines is 2. The Labute approximate surface area is 173 Å². The van der Waals surface area contributed by atoms with Crippen LogP contribution >= 0.6 is 0 Å². The molecule has 4 heterocycles. The lowest BCUT2D eigenvalue weighted by molar-refractivity contribution is 0.523. The number of aryl methyl sites for hydroxylation is 1. The number of nitrogens with zero attached hydrogens (tertiary/aromatic N) is 6. The van der Waals surface area contributed by atoms with Crippen molar-refractivity contribution >= 4 is 11.5 Å². The highest BCUT2D eigenvalue weighted by Gasteiger charge is 2.20. The Kier molecular flexibility index (Phi) is 4.92. The molecule has 0 aliphatic carbocycles. The fourth-order valence-corrected chi connectivity index (χ4v) is 3.66. The van der Waals surface area contributed by atoms with Crippen LogP contribution < -0.4 is 10.2 Å². The summed E-state index contributed by atoms with van der Waals surface area (Å²) in [5, 5.41) is 19.9. The van der Waals surface area contributed by atoms with Crippen molar-refractivity contribution in [1.29, 1.82) is 0 Å². The van der Waals surface area contributed by atoms with Gasteiger partial charge in [-0.1, -0.05) is 5.21 Å². The van der Waals surface area contributed by atoms with Crippen LogP contribution in [0.5, 0.6) is 0 Å². The maximum absolute atomic E-state index is 5.73. The van der Waals surface area contributed by atoms with Crippen LogP contribution in [-0.2, 0) is 6.54 Å². The van der Waals surface area contributed by atoms with Gasteiger partial charge in [0, 0.05) is 36.9 Å². The molecule has 0 spiro atoms. The van der Waals surface area contributed by atoms with E-state index in [-0.39, 0.29) is 0 Å². The third-order valence-electron chi connectivity index (χ3n) is 5.35. The van der Waals surface area contributed by atoms with Crippen LogP contribution in [0.2, 0.25) is 0 Å². The average Bonchev–Trinajstić information content (AvgIpc) is 3.55. The van der Waals surface area contributed by atoms with Crippen molar-refractivity contribution in [2.24, 2.45) is 0 Å². The number of piperidine rings is 1. The molecule has 1 saturated heterocycles. The molecule has 1 fully saturated rings. The molecule has 1 aromatic carbocycles. The standard InChI is InChI=1S/C21H23N7O2/c1-2-28-14-19(23-26-28)22-16-9-11-27(12-10-16)17-7-5-15(6-8-17)20-24-25-21(30-20)18-4-3-13-29-18/h3-8,13-14,16,22H,2,9-12H2,1H3. The van der Waals surface area contributed by atoms with E-state index in [1.54, 1.807) is 18.4 Å². The molecular weight excluding hydrogens is 382 g/mol. The summed E-state index contributed by atoms with van der Waals surface area (Å²) < 4.78 is 12.9. The number of benzene rings is 1. The van der Waals surface area contributed by atoms with Crippen LogP contribution in [0.1, 0.15) is 19.8 Å². The first-order chi connectivity index (χ1) is 14.8. The highest BCUT2D eigenvalue weighted by atomic mass is 16.4. The van der Waals surface area contributed by atoms with Crippen molar-refractivity contribution in [2.45, 2.75) is 32.4 Å². The van der Waals surface area contributed by atoms with E-state index in [9.17, 15) is 0 Å². The summed E-state index contributed by atoms with van der Waals surface area (Å²) >= 11 is 0. The first-order valence-electron chi connectivity index (χ1n) is 10.2. The topological polar surface area (TPSA) is 98.0 Å². The number of nitrogens with one attached hydrogen (secondary N) is 1. The molecule has 0 radical (unpaired) electrons. The van der Waals surface area contributed by atoms with E-state index in [1.807, 2.05) is 23.0 Å². The van der Waals surface area contributed by atoms with E-state index in [4.69, 9.17) is 8.83 Å². The lowest BCUT2D eigenvalue weighted by atomic mass is 10.0. The van der Waals surface area contributed by atoms with Gasteiger partial charge in [0.15, 0.2) is 11.6 Å². The molecule has 4 aromatic rings. The third kappa shape index (κ3) is 3.78. The van der Waals surface area contributed by atoms with Crippen LogP contribution in [-0.4, -0.2) is 44.3 Å². The number of rotatable bonds is 6. The summed E-state index contributed by atoms with van der Waals surface area (Å²) in [5.41, 5.74) is 2.08. The molecule has 0 amide bonds. The minimum absolute atomic E-state index is 0.382. The molecule has 154 valence electrons. The van der Waals surface area contributed by atoms with Gasteiger partial charge in [0.1, 0.15) is 0 Å². The van der Waals surface area contributed by atoms with Crippen molar-refractivity contribution < 1.29 is 8.83 Å². The van der Waals surface area contributed by atoms with Gasteiger partial charge in [-0.2, -0.15) is 0 Å². The van der Waals surface area contributed by atoms with Gasteiger partial charge in [-0.25, -0.2) is 0 Å². The molecule has 1 aliphatic heterocycles. The molecule has 5 rings (SSSR count). The molecule has 9 nitrogen and oxygen atoms in total. The zero-order valence-corrected chi connectivity index (χ0v) is 16.7. The average molecular weight is 405 g/mol. The monoisotopic (exact) mass is 405 g/mol.